The highest BCUT2D eigenvalue weighted by Crippen LogP contribution is 2.42. The van der Waals surface area contributed by atoms with E-state index in [1.807, 2.05) is 0 Å². The molecule has 0 bridgehead atoms. The number of furan rings is 2. The lowest BCUT2D eigenvalue weighted by Crippen LogP contribution is -1.72. The molecule has 0 aliphatic heterocycles. The number of hydrogen-bond donors (Lipinski definition) is 2. The number of aromatic hydroxyl groups is 2. The lowest BCUT2D eigenvalue weighted by Gasteiger charge is -1.99. The summed E-state index contributed by atoms with van der Waals surface area (Å²) in [6, 6.07) is 3.15. The Hall–Kier alpha value is -2.10. The highest BCUT2D eigenvalue weighted by molar-refractivity contribution is 6.08. The van der Waals surface area contributed by atoms with Crippen LogP contribution < -0.4 is 0 Å². The van der Waals surface area contributed by atoms with Gasteiger partial charge in [-0.2, -0.15) is 0 Å². The van der Waals surface area contributed by atoms with Crippen LogP contribution in [0.4, 0.5) is 0 Å². The molecule has 70 valence electrons. The lowest BCUT2D eigenvalue weighted by atomic mass is 10.1. The van der Waals surface area contributed by atoms with Crippen LogP contribution in [0.25, 0.3) is 21.9 Å². The first kappa shape index (κ1) is 7.32. The Morgan fingerprint density at radius 1 is 0.786 bits per heavy atom. The lowest BCUT2D eigenvalue weighted by molar-refractivity contribution is 0.412. The molecule has 2 heterocycles. The zero-order valence-corrected chi connectivity index (χ0v) is 7.02. The monoisotopic (exact) mass is 190 g/mol. The Morgan fingerprint density at radius 2 is 1.21 bits per heavy atom. The molecule has 3 aromatic rings. The summed E-state index contributed by atoms with van der Waals surface area (Å²) in [6.07, 6.45) is 2.87. The number of phenolic OH excluding ortho intramolecular Hbond substituents is 2. The first-order valence-electron chi connectivity index (χ1n) is 4.07. The summed E-state index contributed by atoms with van der Waals surface area (Å²) in [7, 11) is 0. The molecule has 0 radical (unpaired) electrons. The molecular weight excluding hydrogens is 184 g/mol. The minimum Gasteiger partial charge on any atom is -0.504 e. The van der Waals surface area contributed by atoms with Gasteiger partial charge in [0.2, 0.25) is 0 Å². The number of hydrogen-bond acceptors (Lipinski definition) is 4. The standard InChI is InChI=1S/C10H6O4/c11-7-5-1-3-13-9(5)10-6(8(7)12)2-4-14-10/h1-4,11-12H. The van der Waals surface area contributed by atoms with Gasteiger partial charge in [0, 0.05) is 0 Å². The van der Waals surface area contributed by atoms with Crippen LogP contribution in [-0.2, 0) is 0 Å². The second-order valence-corrected chi connectivity index (χ2v) is 3.02. The Kier molecular flexibility index (Phi) is 1.16. The first-order chi connectivity index (χ1) is 6.79. The van der Waals surface area contributed by atoms with Gasteiger partial charge >= 0.3 is 0 Å². The molecule has 0 fully saturated rings. The van der Waals surface area contributed by atoms with Crippen molar-refractivity contribution in [2.24, 2.45) is 0 Å². The molecule has 4 heteroatoms. The number of rotatable bonds is 0. The van der Waals surface area contributed by atoms with Gasteiger partial charge in [-0.25, -0.2) is 0 Å². The molecule has 2 aromatic heterocycles. The van der Waals surface area contributed by atoms with Gasteiger partial charge < -0.3 is 19.0 Å². The molecule has 0 atom stereocenters. The maximum atomic E-state index is 9.61. The van der Waals surface area contributed by atoms with Crippen LogP contribution in [0, 0.1) is 0 Å². The van der Waals surface area contributed by atoms with Crippen LogP contribution in [0.15, 0.2) is 33.5 Å². The molecule has 0 unspecified atom stereocenters. The highest BCUT2D eigenvalue weighted by atomic mass is 16.4. The quantitative estimate of drug-likeness (QED) is 0.534. The molecule has 0 saturated heterocycles. The highest BCUT2D eigenvalue weighted by Gasteiger charge is 2.16. The average molecular weight is 190 g/mol. The fourth-order valence-electron chi connectivity index (χ4n) is 1.60. The van der Waals surface area contributed by atoms with Gasteiger partial charge in [-0.3, -0.25) is 0 Å². The van der Waals surface area contributed by atoms with Gasteiger partial charge in [0.15, 0.2) is 22.7 Å². The average Bonchev–Trinajstić information content (AvgIpc) is 2.80. The largest absolute Gasteiger partial charge is 0.504 e. The van der Waals surface area contributed by atoms with Crippen molar-refractivity contribution in [3.05, 3.63) is 24.7 Å². The molecule has 0 amide bonds. The maximum Gasteiger partial charge on any atom is 0.180 e. The molecule has 14 heavy (non-hydrogen) atoms. The molecular formula is C10H6O4. The van der Waals surface area contributed by atoms with Crippen molar-refractivity contribution in [3.8, 4) is 11.5 Å². The van der Waals surface area contributed by atoms with Crippen molar-refractivity contribution >= 4 is 21.9 Å². The molecule has 0 aliphatic rings. The zero-order chi connectivity index (χ0) is 9.71. The predicted octanol–water partition coefficient (Wildman–Crippen LogP) is 2.59. The van der Waals surface area contributed by atoms with E-state index in [0.717, 1.165) is 0 Å². The molecule has 3 rings (SSSR count). The summed E-state index contributed by atoms with van der Waals surface area (Å²) >= 11 is 0. The summed E-state index contributed by atoms with van der Waals surface area (Å²) < 4.78 is 10.3. The van der Waals surface area contributed by atoms with Gasteiger partial charge in [-0.15, -0.1) is 0 Å². The summed E-state index contributed by atoms with van der Waals surface area (Å²) in [6.45, 7) is 0. The van der Waals surface area contributed by atoms with Crippen molar-refractivity contribution in [1.82, 2.24) is 0 Å². The van der Waals surface area contributed by atoms with Crippen molar-refractivity contribution < 1.29 is 19.0 Å². The van der Waals surface area contributed by atoms with Gasteiger partial charge in [-0.05, 0) is 12.1 Å². The molecule has 1 aromatic carbocycles. The minimum atomic E-state index is -0.178. The van der Waals surface area contributed by atoms with Crippen LogP contribution in [0.5, 0.6) is 11.5 Å². The molecule has 0 spiro atoms. The van der Waals surface area contributed by atoms with E-state index >= 15 is 0 Å². The number of fused-ring (bicyclic) bond motifs is 3. The summed E-state index contributed by atoms with van der Waals surface area (Å²) in [5.74, 6) is -0.356. The van der Waals surface area contributed by atoms with Crippen LogP contribution in [-0.4, -0.2) is 10.2 Å². The number of phenols is 2. The third kappa shape index (κ3) is 0.682. The van der Waals surface area contributed by atoms with Gasteiger partial charge in [0.25, 0.3) is 0 Å². The number of benzene rings is 1. The Bertz CT molecular complexity index is 562. The van der Waals surface area contributed by atoms with Gasteiger partial charge in [0.05, 0.1) is 23.3 Å². The third-order valence-electron chi connectivity index (χ3n) is 2.27. The van der Waals surface area contributed by atoms with Crippen LogP contribution in [0.2, 0.25) is 0 Å². The summed E-state index contributed by atoms with van der Waals surface area (Å²) in [4.78, 5) is 0. The van der Waals surface area contributed by atoms with E-state index in [4.69, 9.17) is 8.83 Å². The second kappa shape index (κ2) is 2.23. The summed E-state index contributed by atoms with van der Waals surface area (Å²) in [5.41, 5.74) is 0.889. The van der Waals surface area contributed by atoms with Crippen LogP contribution in [0.1, 0.15) is 0 Å². The van der Waals surface area contributed by atoms with Crippen molar-refractivity contribution in [3.63, 3.8) is 0 Å². The smallest absolute Gasteiger partial charge is 0.180 e. The SMILES string of the molecule is Oc1c(O)c2ccoc2c2occc12. The Labute approximate surface area is 78.0 Å². The fourth-order valence-corrected chi connectivity index (χ4v) is 1.60. The van der Waals surface area contributed by atoms with E-state index in [1.54, 1.807) is 12.1 Å². The third-order valence-corrected chi connectivity index (χ3v) is 2.27. The van der Waals surface area contributed by atoms with Gasteiger partial charge in [-0.1, -0.05) is 0 Å². The maximum absolute atomic E-state index is 9.61. The van der Waals surface area contributed by atoms with E-state index in [2.05, 4.69) is 0 Å². The summed E-state index contributed by atoms with van der Waals surface area (Å²) in [5, 5.41) is 20.1. The topological polar surface area (TPSA) is 66.7 Å². The minimum absolute atomic E-state index is 0.178. The van der Waals surface area contributed by atoms with E-state index in [-0.39, 0.29) is 11.5 Å². The Morgan fingerprint density at radius 3 is 1.64 bits per heavy atom. The van der Waals surface area contributed by atoms with Crippen molar-refractivity contribution in [2.75, 3.05) is 0 Å². The Balaban J connectivity index is 2.73. The van der Waals surface area contributed by atoms with Crippen molar-refractivity contribution in [1.29, 1.82) is 0 Å². The normalized spacial score (nSPS) is 11.4. The molecule has 0 aliphatic carbocycles. The second-order valence-electron chi connectivity index (χ2n) is 3.02. The first-order valence-corrected chi connectivity index (χ1v) is 4.07. The van der Waals surface area contributed by atoms with Crippen LogP contribution in [0.3, 0.4) is 0 Å². The van der Waals surface area contributed by atoms with Gasteiger partial charge in [0.1, 0.15) is 0 Å². The van der Waals surface area contributed by atoms with Crippen molar-refractivity contribution in [2.45, 2.75) is 0 Å². The van der Waals surface area contributed by atoms with Crippen LogP contribution >= 0.6 is 0 Å². The molecule has 0 saturated carbocycles. The van der Waals surface area contributed by atoms with E-state index < -0.39 is 0 Å². The van der Waals surface area contributed by atoms with E-state index in [1.165, 1.54) is 12.5 Å². The van der Waals surface area contributed by atoms with E-state index in [9.17, 15) is 10.2 Å². The molecule has 4 nitrogen and oxygen atoms in total. The predicted molar refractivity (Wildman–Crippen MR) is 49.3 cm³/mol. The molecule has 2 N–H and O–H groups in total. The fraction of sp³-hybridized carbons (Fsp3) is 0. The zero-order valence-electron chi connectivity index (χ0n) is 7.02. The van der Waals surface area contributed by atoms with E-state index in [0.29, 0.717) is 21.9 Å².